The molecule has 0 aliphatic carbocycles. The van der Waals surface area contributed by atoms with Crippen molar-refractivity contribution in [2.75, 3.05) is 19.6 Å². The summed E-state index contributed by atoms with van der Waals surface area (Å²) >= 11 is 1.93. The Morgan fingerprint density at radius 3 is 2.50 bits per heavy atom. The molecule has 1 unspecified atom stereocenters. The van der Waals surface area contributed by atoms with Crippen LogP contribution in [0.3, 0.4) is 0 Å². The van der Waals surface area contributed by atoms with Crippen LogP contribution in [0.5, 0.6) is 0 Å². The van der Waals surface area contributed by atoms with Crippen LogP contribution in [-0.4, -0.2) is 36.1 Å². The Morgan fingerprint density at radius 2 is 1.73 bits per heavy atom. The van der Waals surface area contributed by atoms with Crippen molar-refractivity contribution in [3.8, 4) is 0 Å². The number of hydrogen-bond donors (Lipinski definition) is 1. The van der Waals surface area contributed by atoms with E-state index in [1.807, 2.05) is 11.8 Å². The molecule has 0 radical (unpaired) electrons. The summed E-state index contributed by atoms with van der Waals surface area (Å²) in [4.78, 5) is 5.54. The van der Waals surface area contributed by atoms with Crippen LogP contribution in [0.1, 0.15) is 30.5 Å². The van der Waals surface area contributed by atoms with Gasteiger partial charge in [0.1, 0.15) is 0 Å². The van der Waals surface area contributed by atoms with Crippen molar-refractivity contribution < 1.29 is 5.48 Å². The fourth-order valence-electron chi connectivity index (χ4n) is 3.91. The summed E-state index contributed by atoms with van der Waals surface area (Å²) in [5.41, 5.74) is 3.00. The molecule has 2 heterocycles. The van der Waals surface area contributed by atoms with Crippen LogP contribution in [0.4, 0.5) is 0 Å². The fourth-order valence-corrected chi connectivity index (χ4v) is 5.04. The molecule has 1 fully saturated rings. The molecule has 0 bridgehead atoms. The monoisotopic (exact) mass is 414 g/mol. The summed E-state index contributed by atoms with van der Waals surface area (Å²) in [6.45, 7) is 5.64. The minimum absolute atomic E-state index is 0. The number of benzene rings is 2. The van der Waals surface area contributed by atoms with Gasteiger partial charge in [-0.25, -0.2) is 0 Å². The molecule has 1 saturated heterocycles. The van der Waals surface area contributed by atoms with E-state index in [2.05, 4.69) is 65.7 Å². The van der Waals surface area contributed by atoms with Gasteiger partial charge in [0, 0.05) is 35.0 Å². The number of nitrogens with one attached hydrogen (secondary N) is 1. The Bertz CT molecular complexity index is 701. The molecule has 0 saturated carbocycles. The zero-order valence-corrected chi connectivity index (χ0v) is 17.4. The molecule has 26 heavy (non-hydrogen) atoms. The molecule has 4 rings (SSSR count). The molecule has 0 spiro atoms. The van der Waals surface area contributed by atoms with Crippen LogP contribution in [0.15, 0.2) is 58.3 Å². The van der Waals surface area contributed by atoms with Crippen molar-refractivity contribution in [3.63, 3.8) is 0 Å². The van der Waals surface area contributed by atoms with Crippen LogP contribution >= 0.6 is 36.6 Å². The van der Waals surface area contributed by atoms with Gasteiger partial charge in [0.05, 0.1) is 0 Å². The molecule has 3 N–H and O–H groups in total. The SMILES string of the molecule is CCNC1CCN([C@@H]2Cc3ccccc3Sc3ccccc32)C1.Cl.Cl.O. The minimum Gasteiger partial charge on any atom is -0.412 e. The van der Waals surface area contributed by atoms with Gasteiger partial charge in [-0.2, -0.15) is 0 Å². The van der Waals surface area contributed by atoms with E-state index in [1.54, 1.807) is 0 Å². The Morgan fingerprint density at radius 1 is 1.04 bits per heavy atom. The fraction of sp³-hybridized carbons (Fsp3) is 0.400. The first kappa shape index (κ1) is 23.3. The van der Waals surface area contributed by atoms with Gasteiger partial charge in [0.25, 0.3) is 0 Å². The third-order valence-electron chi connectivity index (χ3n) is 5.04. The van der Waals surface area contributed by atoms with Gasteiger partial charge in [0.15, 0.2) is 0 Å². The summed E-state index contributed by atoms with van der Waals surface area (Å²) in [5, 5.41) is 3.63. The molecule has 0 amide bonds. The van der Waals surface area contributed by atoms with E-state index in [0.29, 0.717) is 12.1 Å². The Labute approximate surface area is 173 Å². The second-order valence-electron chi connectivity index (χ2n) is 6.51. The standard InChI is InChI=1S/C20H24N2S.2ClH.H2O/c1-2-21-16-11-12-22(14-16)18-13-15-7-3-5-9-19(15)23-20-10-6-4-8-17(18)20;;;/h3-10,16,18,21H,2,11-14H2,1H3;2*1H;1H2/t16?,18-;;;/m1.../s1. The third kappa shape index (κ3) is 4.75. The number of halogens is 2. The maximum absolute atomic E-state index is 3.63. The Balaban J connectivity index is 0.00000113. The van der Waals surface area contributed by atoms with Gasteiger partial charge in [-0.15, -0.1) is 24.8 Å². The highest BCUT2D eigenvalue weighted by molar-refractivity contribution is 7.99. The Kier molecular flexibility index (Phi) is 9.45. The second-order valence-corrected chi connectivity index (χ2v) is 7.59. The van der Waals surface area contributed by atoms with E-state index in [4.69, 9.17) is 0 Å². The number of rotatable bonds is 3. The molecule has 2 atom stereocenters. The first-order chi connectivity index (χ1) is 11.3. The lowest BCUT2D eigenvalue weighted by atomic mass is 9.97. The average molecular weight is 415 g/mol. The number of likely N-dealkylation sites (tertiary alicyclic amines) is 1. The number of hydrogen-bond acceptors (Lipinski definition) is 3. The molecule has 2 aliphatic heterocycles. The molecule has 2 aromatic carbocycles. The van der Waals surface area contributed by atoms with E-state index < -0.39 is 0 Å². The summed E-state index contributed by atoms with van der Waals surface area (Å²) in [5.74, 6) is 0. The van der Waals surface area contributed by atoms with Crippen molar-refractivity contribution >= 4 is 36.6 Å². The molecule has 2 aliphatic rings. The van der Waals surface area contributed by atoms with Gasteiger partial charge in [-0.3, -0.25) is 4.90 Å². The highest BCUT2D eigenvalue weighted by Gasteiger charge is 2.32. The zero-order chi connectivity index (χ0) is 15.6. The van der Waals surface area contributed by atoms with Gasteiger partial charge in [-0.05, 0) is 42.6 Å². The molecule has 3 nitrogen and oxygen atoms in total. The van der Waals surface area contributed by atoms with E-state index in [9.17, 15) is 0 Å². The molecular formula is C20H28Cl2N2OS. The first-order valence-electron chi connectivity index (χ1n) is 8.67. The largest absolute Gasteiger partial charge is 0.412 e. The van der Waals surface area contributed by atoms with Crippen molar-refractivity contribution in [2.45, 2.75) is 41.6 Å². The smallest absolute Gasteiger partial charge is 0.0400 e. The maximum atomic E-state index is 3.63. The highest BCUT2D eigenvalue weighted by atomic mass is 35.5. The quantitative estimate of drug-likeness (QED) is 0.820. The lowest BCUT2D eigenvalue weighted by molar-refractivity contribution is 0.235. The van der Waals surface area contributed by atoms with Crippen LogP contribution < -0.4 is 5.32 Å². The van der Waals surface area contributed by atoms with E-state index in [0.717, 1.165) is 13.0 Å². The van der Waals surface area contributed by atoms with Crippen LogP contribution in [-0.2, 0) is 6.42 Å². The predicted molar refractivity (Wildman–Crippen MR) is 115 cm³/mol. The highest BCUT2D eigenvalue weighted by Crippen LogP contribution is 2.43. The van der Waals surface area contributed by atoms with E-state index in [1.165, 1.54) is 40.4 Å². The van der Waals surface area contributed by atoms with Gasteiger partial charge in [0.2, 0.25) is 0 Å². The maximum Gasteiger partial charge on any atom is 0.0400 e. The number of fused-ring (bicyclic) bond motifs is 2. The summed E-state index contributed by atoms with van der Waals surface area (Å²) in [6, 6.07) is 19.0. The van der Waals surface area contributed by atoms with Crippen molar-refractivity contribution in [1.82, 2.24) is 10.2 Å². The number of likely N-dealkylation sites (N-methyl/N-ethyl adjacent to an activating group) is 1. The molecule has 0 aromatic heterocycles. The molecule has 6 heteroatoms. The third-order valence-corrected chi connectivity index (χ3v) is 6.25. The number of nitrogens with zero attached hydrogens (tertiary/aromatic N) is 1. The van der Waals surface area contributed by atoms with Crippen LogP contribution in [0.25, 0.3) is 0 Å². The van der Waals surface area contributed by atoms with Crippen LogP contribution in [0.2, 0.25) is 0 Å². The van der Waals surface area contributed by atoms with Gasteiger partial charge in [-0.1, -0.05) is 55.1 Å². The lowest BCUT2D eigenvalue weighted by Gasteiger charge is -2.28. The van der Waals surface area contributed by atoms with Crippen molar-refractivity contribution in [3.05, 3.63) is 59.7 Å². The molecule has 2 aromatic rings. The zero-order valence-electron chi connectivity index (χ0n) is 15.0. The topological polar surface area (TPSA) is 46.8 Å². The summed E-state index contributed by atoms with van der Waals surface area (Å²) < 4.78 is 0. The van der Waals surface area contributed by atoms with E-state index in [-0.39, 0.29) is 30.3 Å². The van der Waals surface area contributed by atoms with Crippen molar-refractivity contribution in [1.29, 1.82) is 0 Å². The van der Waals surface area contributed by atoms with Gasteiger partial charge < -0.3 is 10.8 Å². The average Bonchev–Trinajstić information content (AvgIpc) is 2.96. The Hall–Kier alpha value is -0.750. The van der Waals surface area contributed by atoms with E-state index >= 15 is 0 Å². The summed E-state index contributed by atoms with van der Waals surface area (Å²) in [7, 11) is 0. The lowest BCUT2D eigenvalue weighted by Crippen LogP contribution is -2.34. The van der Waals surface area contributed by atoms with Gasteiger partial charge >= 0.3 is 0 Å². The molecular weight excluding hydrogens is 387 g/mol. The predicted octanol–water partition coefficient (Wildman–Crippen LogP) is 4.14. The van der Waals surface area contributed by atoms with Crippen molar-refractivity contribution in [2.24, 2.45) is 0 Å². The second kappa shape index (κ2) is 10.5. The van der Waals surface area contributed by atoms with Crippen LogP contribution in [0, 0.1) is 0 Å². The first-order valence-corrected chi connectivity index (χ1v) is 9.49. The summed E-state index contributed by atoms with van der Waals surface area (Å²) in [6.07, 6.45) is 2.39. The minimum atomic E-state index is 0. The normalized spacial score (nSPS) is 21.3. The molecule has 144 valence electrons.